The monoisotopic (exact) mass is 133 g/mol. The summed E-state index contributed by atoms with van der Waals surface area (Å²) in [5.41, 5.74) is 0. The zero-order chi connectivity index (χ0) is 5.54. The smallest absolute Gasteiger partial charge is 0.0247 e. The van der Waals surface area contributed by atoms with Crippen LogP contribution in [0.3, 0.4) is 0 Å². The molecule has 0 aromatic carbocycles. The topological polar surface area (TPSA) is 0 Å². The quantitative estimate of drug-likeness (QED) is 0.328. The Morgan fingerprint density at radius 3 is 2.86 bits per heavy atom. The molecule has 0 saturated heterocycles. The molecular formula is C5H9S2. The zero-order valence-corrected chi connectivity index (χ0v) is 6.02. The third-order valence-electron chi connectivity index (χ3n) is 0.350. The summed E-state index contributed by atoms with van der Waals surface area (Å²) in [5, 5.41) is 0. The van der Waals surface area contributed by atoms with Crippen LogP contribution in [-0.4, -0.2) is 5.75 Å². The van der Waals surface area contributed by atoms with E-state index in [4.69, 9.17) is 0 Å². The lowest BCUT2D eigenvalue weighted by atomic mass is 10.8. The largest absolute Gasteiger partial charge is 0.102 e. The predicted octanol–water partition coefficient (Wildman–Crippen LogP) is 2.74. The molecule has 0 spiro atoms. The van der Waals surface area contributed by atoms with E-state index in [0.29, 0.717) is 0 Å². The van der Waals surface area contributed by atoms with Crippen LogP contribution >= 0.6 is 21.6 Å². The van der Waals surface area contributed by atoms with Crippen molar-refractivity contribution in [2.24, 2.45) is 0 Å². The first kappa shape index (κ1) is 7.44. The van der Waals surface area contributed by atoms with Gasteiger partial charge in [0.25, 0.3) is 0 Å². The van der Waals surface area contributed by atoms with E-state index in [1.165, 1.54) is 0 Å². The zero-order valence-electron chi connectivity index (χ0n) is 4.39. The van der Waals surface area contributed by atoms with Crippen LogP contribution in [0.25, 0.3) is 0 Å². The standard InChI is InChI=1S/C5H9S2/c1-3-5-7-6-4-2/h3-4H,1,5H2,2H3. The molecule has 0 aromatic rings. The van der Waals surface area contributed by atoms with Crippen LogP contribution in [0.4, 0.5) is 0 Å². The van der Waals surface area contributed by atoms with Crippen LogP contribution in [0.1, 0.15) is 6.92 Å². The van der Waals surface area contributed by atoms with Crippen LogP contribution < -0.4 is 0 Å². The van der Waals surface area contributed by atoms with E-state index >= 15 is 0 Å². The first-order valence-corrected chi connectivity index (χ1v) is 4.47. The maximum atomic E-state index is 3.58. The summed E-state index contributed by atoms with van der Waals surface area (Å²) in [6.07, 6.45) is 1.90. The van der Waals surface area contributed by atoms with Crippen molar-refractivity contribution in [3.63, 3.8) is 0 Å². The van der Waals surface area contributed by atoms with E-state index in [1.54, 1.807) is 21.6 Å². The molecule has 0 amide bonds. The summed E-state index contributed by atoms with van der Waals surface area (Å²) in [6.45, 7) is 5.61. The molecule has 1 radical (unpaired) electrons. The van der Waals surface area contributed by atoms with Crippen molar-refractivity contribution in [3.8, 4) is 0 Å². The lowest BCUT2D eigenvalue weighted by molar-refractivity contribution is 1.74. The molecule has 0 rings (SSSR count). The van der Waals surface area contributed by atoms with Crippen LogP contribution in [-0.2, 0) is 0 Å². The van der Waals surface area contributed by atoms with Gasteiger partial charge in [0.15, 0.2) is 0 Å². The molecular weight excluding hydrogens is 124 g/mol. The van der Waals surface area contributed by atoms with Crippen LogP contribution in [0.5, 0.6) is 0 Å². The molecule has 0 N–H and O–H groups in total. The minimum atomic E-state index is 1.04. The summed E-state index contributed by atoms with van der Waals surface area (Å²) in [7, 11) is 3.55. The van der Waals surface area contributed by atoms with Gasteiger partial charge in [-0.1, -0.05) is 34.6 Å². The summed E-state index contributed by atoms with van der Waals surface area (Å²) in [6, 6.07) is 0. The Balaban J connectivity index is 2.56. The highest BCUT2D eigenvalue weighted by atomic mass is 33.1. The van der Waals surface area contributed by atoms with Crippen molar-refractivity contribution < 1.29 is 0 Å². The van der Waals surface area contributed by atoms with Crippen molar-refractivity contribution in [2.45, 2.75) is 6.92 Å². The van der Waals surface area contributed by atoms with Gasteiger partial charge in [0.1, 0.15) is 0 Å². The van der Waals surface area contributed by atoms with E-state index in [0.717, 1.165) is 5.75 Å². The van der Waals surface area contributed by atoms with Gasteiger partial charge in [-0.05, 0) is 0 Å². The molecule has 0 atom stereocenters. The Kier molecular flexibility index (Phi) is 6.84. The molecule has 0 aliphatic heterocycles. The number of hydrogen-bond donors (Lipinski definition) is 0. The van der Waals surface area contributed by atoms with E-state index in [2.05, 4.69) is 12.3 Å². The Bertz CT molecular complexity index is 43.3. The second-order valence-electron chi connectivity index (χ2n) is 0.905. The van der Waals surface area contributed by atoms with Gasteiger partial charge in [-0.3, -0.25) is 0 Å². The summed E-state index contributed by atoms with van der Waals surface area (Å²) in [5.74, 6) is 3.10. The van der Waals surface area contributed by atoms with Crippen molar-refractivity contribution in [2.75, 3.05) is 5.75 Å². The summed E-state index contributed by atoms with van der Waals surface area (Å²) >= 11 is 0. The molecule has 0 bridgehead atoms. The lowest BCUT2D eigenvalue weighted by Crippen LogP contribution is -1.58. The Hall–Kier alpha value is 0.440. The van der Waals surface area contributed by atoms with Gasteiger partial charge in [-0.25, -0.2) is 0 Å². The van der Waals surface area contributed by atoms with E-state index in [-0.39, 0.29) is 0 Å². The van der Waals surface area contributed by atoms with Crippen molar-refractivity contribution >= 4 is 21.6 Å². The second kappa shape index (κ2) is 6.44. The minimum Gasteiger partial charge on any atom is -0.102 e. The SMILES string of the molecule is C=CCSS[CH]C. The molecule has 0 aliphatic rings. The van der Waals surface area contributed by atoms with E-state index in [1.807, 2.05) is 13.0 Å². The van der Waals surface area contributed by atoms with Crippen LogP contribution in [0, 0.1) is 5.75 Å². The molecule has 0 aliphatic carbocycles. The number of rotatable bonds is 4. The fourth-order valence-corrected chi connectivity index (χ4v) is 1.40. The van der Waals surface area contributed by atoms with Crippen molar-refractivity contribution in [3.05, 3.63) is 18.4 Å². The number of hydrogen-bond acceptors (Lipinski definition) is 2. The Morgan fingerprint density at radius 1 is 1.71 bits per heavy atom. The van der Waals surface area contributed by atoms with Gasteiger partial charge in [0.2, 0.25) is 0 Å². The Morgan fingerprint density at radius 2 is 2.43 bits per heavy atom. The molecule has 0 aromatic heterocycles. The summed E-state index contributed by atoms with van der Waals surface area (Å²) in [4.78, 5) is 0. The summed E-state index contributed by atoms with van der Waals surface area (Å²) < 4.78 is 0. The molecule has 0 saturated carbocycles. The van der Waals surface area contributed by atoms with E-state index in [9.17, 15) is 0 Å². The maximum Gasteiger partial charge on any atom is 0.0247 e. The first-order valence-electron chi connectivity index (χ1n) is 2.08. The molecule has 0 nitrogen and oxygen atoms in total. The van der Waals surface area contributed by atoms with Gasteiger partial charge in [-0.2, -0.15) is 0 Å². The van der Waals surface area contributed by atoms with Gasteiger partial charge >= 0.3 is 0 Å². The third-order valence-corrected chi connectivity index (χ3v) is 2.44. The first-order chi connectivity index (χ1) is 3.41. The highest BCUT2D eigenvalue weighted by molar-refractivity contribution is 8.77. The molecule has 0 heterocycles. The Labute approximate surface area is 53.2 Å². The fraction of sp³-hybridized carbons (Fsp3) is 0.400. The molecule has 41 valence electrons. The molecule has 2 heteroatoms. The minimum absolute atomic E-state index is 1.04. The van der Waals surface area contributed by atoms with Gasteiger partial charge in [-0.15, -0.1) is 6.58 Å². The predicted molar refractivity (Wildman–Crippen MR) is 40.2 cm³/mol. The van der Waals surface area contributed by atoms with Crippen molar-refractivity contribution in [1.82, 2.24) is 0 Å². The van der Waals surface area contributed by atoms with Gasteiger partial charge < -0.3 is 0 Å². The second-order valence-corrected chi connectivity index (χ2v) is 3.42. The average molecular weight is 133 g/mol. The lowest BCUT2D eigenvalue weighted by Gasteiger charge is -1.87. The van der Waals surface area contributed by atoms with E-state index < -0.39 is 0 Å². The van der Waals surface area contributed by atoms with Gasteiger partial charge in [0.05, 0.1) is 0 Å². The molecule has 7 heavy (non-hydrogen) atoms. The molecule has 0 unspecified atom stereocenters. The normalized spacial score (nSPS) is 8.71. The van der Waals surface area contributed by atoms with Gasteiger partial charge in [0, 0.05) is 11.5 Å². The average Bonchev–Trinajstić information content (AvgIpc) is 1.69. The molecule has 0 fully saturated rings. The fourth-order valence-electron chi connectivity index (χ4n) is 0.155. The van der Waals surface area contributed by atoms with Crippen LogP contribution in [0.2, 0.25) is 0 Å². The third kappa shape index (κ3) is 6.44. The highest BCUT2D eigenvalue weighted by Crippen LogP contribution is 2.22. The highest BCUT2D eigenvalue weighted by Gasteiger charge is 1.78. The van der Waals surface area contributed by atoms with Crippen LogP contribution in [0.15, 0.2) is 12.7 Å². The maximum absolute atomic E-state index is 3.58. The van der Waals surface area contributed by atoms with Crippen molar-refractivity contribution in [1.29, 1.82) is 0 Å².